The van der Waals surface area contributed by atoms with Crippen molar-refractivity contribution in [2.75, 3.05) is 0 Å². The molecule has 2 aromatic heterocycles. The minimum atomic E-state index is -0.511. The Bertz CT molecular complexity index is 640. The normalized spacial score (nSPS) is 11.1. The molecule has 4 nitrogen and oxygen atoms in total. The van der Waals surface area contributed by atoms with E-state index in [9.17, 15) is 9.59 Å². The second-order valence-corrected chi connectivity index (χ2v) is 5.09. The van der Waals surface area contributed by atoms with Crippen molar-refractivity contribution in [1.82, 2.24) is 9.55 Å². The molecule has 0 bridgehead atoms. The molecule has 6 heteroatoms. The third-order valence-electron chi connectivity index (χ3n) is 2.43. The molecule has 0 aliphatic carbocycles. The summed E-state index contributed by atoms with van der Waals surface area (Å²) in [6.45, 7) is 3.72. The van der Waals surface area contributed by atoms with Crippen LogP contribution < -0.4 is 11.2 Å². The zero-order valence-corrected chi connectivity index (χ0v) is 10.9. The van der Waals surface area contributed by atoms with Crippen molar-refractivity contribution in [3.05, 3.63) is 48.4 Å². The van der Waals surface area contributed by atoms with Gasteiger partial charge in [0.1, 0.15) is 5.15 Å². The lowest BCUT2D eigenvalue weighted by molar-refractivity contribution is 0.778. The molecule has 0 aromatic carbocycles. The summed E-state index contributed by atoms with van der Waals surface area (Å²) in [5, 5.41) is 3.68. The van der Waals surface area contributed by atoms with Crippen molar-refractivity contribution >= 4 is 22.9 Å². The van der Waals surface area contributed by atoms with Gasteiger partial charge >= 0.3 is 5.69 Å². The van der Waals surface area contributed by atoms with Gasteiger partial charge in [0, 0.05) is 5.38 Å². The largest absolute Gasteiger partial charge is 0.334 e. The maximum absolute atomic E-state index is 12.2. The number of hydrogen-bond donors (Lipinski definition) is 1. The van der Waals surface area contributed by atoms with Crippen LogP contribution in [0.3, 0.4) is 0 Å². The van der Waals surface area contributed by atoms with E-state index in [0.717, 1.165) is 4.57 Å². The third kappa shape index (κ3) is 2.08. The van der Waals surface area contributed by atoms with Crippen molar-refractivity contribution in [2.24, 2.45) is 0 Å². The van der Waals surface area contributed by atoms with Crippen molar-refractivity contribution < 1.29 is 0 Å². The van der Waals surface area contributed by atoms with Crippen molar-refractivity contribution in [1.29, 1.82) is 0 Å². The molecule has 0 fully saturated rings. The van der Waals surface area contributed by atoms with E-state index in [1.807, 2.05) is 19.2 Å². The Morgan fingerprint density at radius 3 is 2.65 bits per heavy atom. The number of rotatable bonds is 2. The minimum absolute atomic E-state index is 0.0447. The van der Waals surface area contributed by atoms with Gasteiger partial charge in [-0.3, -0.25) is 9.78 Å². The fraction of sp³-hybridized carbons (Fsp3) is 0.273. The lowest BCUT2D eigenvalue weighted by atomic mass is 10.1. The van der Waals surface area contributed by atoms with E-state index in [4.69, 9.17) is 11.6 Å². The standard InChI is InChI=1S/C11H11ClN2O2S/c1-6(2)8-9(12)13-11(16)14(10(8)15)7-3-4-17-5-7/h3-6H,1-2H3,(H,13,16). The van der Waals surface area contributed by atoms with Crippen LogP contribution in [0, 0.1) is 0 Å². The Kier molecular flexibility index (Phi) is 3.22. The Morgan fingerprint density at radius 2 is 2.12 bits per heavy atom. The molecule has 0 saturated carbocycles. The first-order valence-electron chi connectivity index (χ1n) is 5.09. The molecule has 0 radical (unpaired) electrons. The van der Waals surface area contributed by atoms with Crippen LogP contribution in [0.25, 0.3) is 5.69 Å². The summed E-state index contributed by atoms with van der Waals surface area (Å²) in [5.74, 6) is -0.0447. The lowest BCUT2D eigenvalue weighted by Gasteiger charge is -2.09. The molecular weight excluding hydrogens is 260 g/mol. The fourth-order valence-electron chi connectivity index (χ4n) is 1.64. The number of thiophene rings is 1. The number of H-pyrrole nitrogens is 1. The Morgan fingerprint density at radius 1 is 1.41 bits per heavy atom. The molecule has 2 aromatic rings. The highest BCUT2D eigenvalue weighted by Crippen LogP contribution is 2.17. The molecular formula is C11H11ClN2O2S. The summed E-state index contributed by atoms with van der Waals surface area (Å²) in [6.07, 6.45) is 0. The van der Waals surface area contributed by atoms with Crippen LogP contribution in [0.1, 0.15) is 25.3 Å². The van der Waals surface area contributed by atoms with E-state index >= 15 is 0 Å². The number of aromatic nitrogens is 2. The van der Waals surface area contributed by atoms with Crippen LogP contribution in [0.15, 0.2) is 26.4 Å². The van der Waals surface area contributed by atoms with Gasteiger partial charge in [-0.25, -0.2) is 9.36 Å². The molecule has 0 aliphatic rings. The summed E-state index contributed by atoms with van der Waals surface area (Å²) >= 11 is 7.32. The van der Waals surface area contributed by atoms with E-state index in [1.165, 1.54) is 11.3 Å². The van der Waals surface area contributed by atoms with Crippen LogP contribution in [0.2, 0.25) is 5.15 Å². The van der Waals surface area contributed by atoms with Crippen LogP contribution in [0.4, 0.5) is 0 Å². The van der Waals surface area contributed by atoms with E-state index in [2.05, 4.69) is 4.98 Å². The summed E-state index contributed by atoms with van der Waals surface area (Å²) in [7, 11) is 0. The topological polar surface area (TPSA) is 54.9 Å². The summed E-state index contributed by atoms with van der Waals surface area (Å²) in [6, 6.07) is 1.72. The fourth-order valence-corrected chi connectivity index (χ4v) is 2.64. The molecule has 0 saturated heterocycles. The second-order valence-electron chi connectivity index (χ2n) is 3.93. The van der Waals surface area contributed by atoms with Gasteiger partial charge in [0.2, 0.25) is 0 Å². The Hall–Kier alpha value is -1.33. The number of halogens is 1. The highest BCUT2D eigenvalue weighted by Gasteiger charge is 2.16. The van der Waals surface area contributed by atoms with Crippen LogP contribution in [-0.4, -0.2) is 9.55 Å². The lowest BCUT2D eigenvalue weighted by Crippen LogP contribution is -2.36. The van der Waals surface area contributed by atoms with Gasteiger partial charge in [-0.15, -0.1) is 0 Å². The monoisotopic (exact) mass is 270 g/mol. The molecule has 0 unspecified atom stereocenters. The maximum atomic E-state index is 12.2. The molecule has 0 aliphatic heterocycles. The average molecular weight is 271 g/mol. The number of nitrogens with zero attached hydrogens (tertiary/aromatic N) is 1. The van der Waals surface area contributed by atoms with E-state index in [1.54, 1.807) is 11.4 Å². The first-order chi connectivity index (χ1) is 8.02. The first-order valence-corrected chi connectivity index (χ1v) is 6.41. The van der Waals surface area contributed by atoms with Gasteiger partial charge < -0.3 is 0 Å². The Balaban J connectivity index is 2.82. The molecule has 2 heterocycles. The predicted octanol–water partition coefficient (Wildman–Crippen LogP) is 2.36. The molecule has 2 rings (SSSR count). The summed E-state index contributed by atoms with van der Waals surface area (Å²) in [4.78, 5) is 26.5. The van der Waals surface area contributed by atoms with Crippen LogP contribution >= 0.6 is 22.9 Å². The predicted molar refractivity (Wildman–Crippen MR) is 69.6 cm³/mol. The van der Waals surface area contributed by atoms with Gasteiger partial charge in [-0.1, -0.05) is 25.4 Å². The van der Waals surface area contributed by atoms with E-state index < -0.39 is 5.69 Å². The number of nitrogens with one attached hydrogen (secondary N) is 1. The molecule has 0 atom stereocenters. The second kappa shape index (κ2) is 4.50. The van der Waals surface area contributed by atoms with Crippen LogP contribution in [0.5, 0.6) is 0 Å². The summed E-state index contributed by atoms with van der Waals surface area (Å²) in [5.41, 5.74) is 0.132. The number of hydrogen-bond acceptors (Lipinski definition) is 3. The maximum Gasteiger partial charge on any atom is 0.334 e. The van der Waals surface area contributed by atoms with Gasteiger partial charge in [0.25, 0.3) is 5.56 Å². The average Bonchev–Trinajstić information content (AvgIpc) is 2.69. The molecule has 17 heavy (non-hydrogen) atoms. The van der Waals surface area contributed by atoms with Gasteiger partial charge in [0.15, 0.2) is 0 Å². The summed E-state index contributed by atoms with van der Waals surface area (Å²) < 4.78 is 1.11. The first kappa shape index (κ1) is 12.1. The molecule has 0 amide bonds. The molecule has 90 valence electrons. The van der Waals surface area contributed by atoms with Gasteiger partial charge in [-0.05, 0) is 17.4 Å². The molecule has 1 N–H and O–H groups in total. The zero-order chi connectivity index (χ0) is 12.6. The van der Waals surface area contributed by atoms with E-state index in [0.29, 0.717) is 11.3 Å². The number of aromatic amines is 1. The highest BCUT2D eigenvalue weighted by atomic mass is 35.5. The quantitative estimate of drug-likeness (QED) is 0.852. The third-order valence-corrected chi connectivity index (χ3v) is 3.40. The van der Waals surface area contributed by atoms with Crippen molar-refractivity contribution in [3.8, 4) is 5.69 Å². The van der Waals surface area contributed by atoms with Crippen LogP contribution in [-0.2, 0) is 0 Å². The van der Waals surface area contributed by atoms with Gasteiger partial charge in [0.05, 0.1) is 11.3 Å². The van der Waals surface area contributed by atoms with Crippen molar-refractivity contribution in [2.45, 2.75) is 19.8 Å². The highest BCUT2D eigenvalue weighted by molar-refractivity contribution is 7.08. The zero-order valence-electron chi connectivity index (χ0n) is 9.36. The minimum Gasteiger partial charge on any atom is -0.297 e. The Labute approximate surface area is 106 Å². The smallest absolute Gasteiger partial charge is 0.297 e. The van der Waals surface area contributed by atoms with Gasteiger partial charge in [-0.2, -0.15) is 11.3 Å². The molecule has 0 spiro atoms. The SMILES string of the molecule is CC(C)c1c(Cl)[nH]c(=O)n(-c2ccsc2)c1=O. The van der Waals surface area contributed by atoms with E-state index in [-0.39, 0.29) is 16.6 Å². The van der Waals surface area contributed by atoms with Crippen molar-refractivity contribution in [3.63, 3.8) is 0 Å².